The molecular formula is C13H25N3O. The molecule has 3 unspecified atom stereocenters. The van der Waals surface area contributed by atoms with Gasteiger partial charge < -0.3 is 15.0 Å². The fourth-order valence-corrected chi connectivity index (χ4v) is 2.44. The zero-order valence-corrected chi connectivity index (χ0v) is 11.1. The molecule has 4 heteroatoms. The number of rotatable bonds is 4. The molecule has 2 N–H and O–H groups in total. The van der Waals surface area contributed by atoms with Crippen molar-refractivity contribution in [3.63, 3.8) is 0 Å². The second-order valence-corrected chi connectivity index (χ2v) is 4.33. The van der Waals surface area contributed by atoms with Crippen molar-refractivity contribution in [2.45, 2.75) is 52.3 Å². The summed E-state index contributed by atoms with van der Waals surface area (Å²) in [6.07, 6.45) is 7.40. The first-order chi connectivity index (χ1) is 8.29. The van der Waals surface area contributed by atoms with Crippen LogP contribution in [0.1, 0.15) is 33.6 Å². The molecule has 1 aliphatic carbocycles. The van der Waals surface area contributed by atoms with E-state index in [0.29, 0.717) is 5.92 Å². The highest BCUT2D eigenvalue weighted by Crippen LogP contribution is 2.27. The van der Waals surface area contributed by atoms with Gasteiger partial charge in [-0.3, -0.25) is 0 Å². The predicted octanol–water partition coefficient (Wildman–Crippen LogP) is 1.66. The van der Waals surface area contributed by atoms with Gasteiger partial charge in [0.1, 0.15) is 0 Å². The largest absolute Gasteiger partial charge is 0.391 e. The van der Waals surface area contributed by atoms with Crippen molar-refractivity contribution < 1.29 is 5.11 Å². The fourth-order valence-electron chi connectivity index (χ4n) is 2.44. The van der Waals surface area contributed by atoms with Gasteiger partial charge in [0, 0.05) is 25.0 Å². The van der Waals surface area contributed by atoms with E-state index in [2.05, 4.69) is 21.8 Å². The minimum Gasteiger partial charge on any atom is -0.391 e. The van der Waals surface area contributed by atoms with Crippen LogP contribution in [0.15, 0.2) is 18.7 Å². The maximum atomic E-state index is 9.83. The summed E-state index contributed by atoms with van der Waals surface area (Å²) >= 11 is 0. The van der Waals surface area contributed by atoms with Gasteiger partial charge in [0.25, 0.3) is 0 Å². The van der Waals surface area contributed by atoms with Crippen LogP contribution in [0.3, 0.4) is 0 Å². The molecule has 1 heterocycles. The van der Waals surface area contributed by atoms with Gasteiger partial charge >= 0.3 is 0 Å². The molecule has 2 rings (SSSR count). The third-order valence-electron chi connectivity index (χ3n) is 3.12. The number of aliphatic hydroxyl groups excluding tert-OH is 1. The average Bonchev–Trinajstić information content (AvgIpc) is 2.94. The lowest BCUT2D eigenvalue weighted by atomic mass is 10.1. The lowest BCUT2D eigenvalue weighted by Crippen LogP contribution is -2.35. The maximum absolute atomic E-state index is 9.83. The lowest BCUT2D eigenvalue weighted by Gasteiger charge is -2.14. The Kier molecular flexibility index (Phi) is 6.22. The Morgan fingerprint density at radius 3 is 2.76 bits per heavy atom. The van der Waals surface area contributed by atoms with Gasteiger partial charge in [0.2, 0.25) is 0 Å². The number of imidazole rings is 1. The second kappa shape index (κ2) is 7.45. The second-order valence-electron chi connectivity index (χ2n) is 4.33. The van der Waals surface area contributed by atoms with E-state index >= 15 is 0 Å². The van der Waals surface area contributed by atoms with Crippen molar-refractivity contribution in [3.8, 4) is 0 Å². The van der Waals surface area contributed by atoms with Crippen molar-refractivity contribution in [1.82, 2.24) is 14.9 Å². The monoisotopic (exact) mass is 239 g/mol. The Hall–Kier alpha value is -0.870. The average molecular weight is 239 g/mol. The molecule has 0 spiro atoms. The fraction of sp³-hybridized carbons (Fsp3) is 0.769. The number of aliphatic hydroxyl groups is 1. The van der Waals surface area contributed by atoms with E-state index in [1.807, 2.05) is 26.4 Å². The van der Waals surface area contributed by atoms with Crippen LogP contribution >= 0.6 is 0 Å². The molecule has 1 aromatic heterocycles. The van der Waals surface area contributed by atoms with E-state index in [4.69, 9.17) is 0 Å². The molecule has 3 atom stereocenters. The molecule has 1 aliphatic rings. The highest BCUT2D eigenvalue weighted by atomic mass is 16.3. The lowest BCUT2D eigenvalue weighted by molar-refractivity contribution is 0.147. The van der Waals surface area contributed by atoms with E-state index in [-0.39, 0.29) is 12.1 Å². The summed E-state index contributed by atoms with van der Waals surface area (Å²) in [6.45, 7) is 7.98. The molecule has 1 fully saturated rings. The van der Waals surface area contributed by atoms with Crippen molar-refractivity contribution in [2.24, 2.45) is 5.92 Å². The van der Waals surface area contributed by atoms with E-state index < -0.39 is 0 Å². The molecular weight excluding hydrogens is 214 g/mol. The molecule has 0 amide bonds. The molecule has 4 nitrogen and oxygen atoms in total. The van der Waals surface area contributed by atoms with Crippen molar-refractivity contribution >= 4 is 0 Å². The van der Waals surface area contributed by atoms with Crippen molar-refractivity contribution in [3.05, 3.63) is 18.7 Å². The molecule has 1 aromatic rings. The number of nitrogens with zero attached hydrogens (tertiary/aromatic N) is 2. The molecule has 17 heavy (non-hydrogen) atoms. The van der Waals surface area contributed by atoms with Crippen molar-refractivity contribution in [1.29, 1.82) is 0 Å². The smallest absolute Gasteiger partial charge is 0.0945 e. The number of aromatic nitrogens is 2. The van der Waals surface area contributed by atoms with Gasteiger partial charge in [-0.1, -0.05) is 20.8 Å². The zero-order valence-electron chi connectivity index (χ0n) is 11.1. The summed E-state index contributed by atoms with van der Waals surface area (Å²) in [5.41, 5.74) is 0. The Morgan fingerprint density at radius 2 is 2.18 bits per heavy atom. The summed E-state index contributed by atoms with van der Waals surface area (Å²) in [5, 5.41) is 13.2. The van der Waals surface area contributed by atoms with Crippen molar-refractivity contribution in [2.75, 3.05) is 6.54 Å². The Balaban J connectivity index is 0.000000686. The SMILES string of the molecule is CC.CCNC1CC(Cn2ccnc2)CC1O. The maximum Gasteiger partial charge on any atom is 0.0945 e. The van der Waals surface area contributed by atoms with Crippen LogP contribution in [0.2, 0.25) is 0 Å². The number of hydrogen-bond acceptors (Lipinski definition) is 3. The van der Waals surface area contributed by atoms with Crippen LogP contribution in [0.25, 0.3) is 0 Å². The zero-order chi connectivity index (χ0) is 12.7. The third kappa shape index (κ3) is 4.13. The van der Waals surface area contributed by atoms with Crippen LogP contribution < -0.4 is 5.32 Å². The van der Waals surface area contributed by atoms with Crippen LogP contribution in [0.5, 0.6) is 0 Å². The summed E-state index contributed by atoms with van der Waals surface area (Å²) in [5.74, 6) is 0.568. The van der Waals surface area contributed by atoms with Crippen LogP contribution in [-0.2, 0) is 6.54 Å². The highest BCUT2D eigenvalue weighted by molar-refractivity contribution is 4.89. The van der Waals surface area contributed by atoms with Crippen LogP contribution in [-0.4, -0.2) is 33.3 Å². The molecule has 0 radical (unpaired) electrons. The summed E-state index contributed by atoms with van der Waals surface area (Å²) < 4.78 is 2.09. The third-order valence-corrected chi connectivity index (χ3v) is 3.12. The Labute approximate surface area is 104 Å². The summed E-state index contributed by atoms with van der Waals surface area (Å²) in [4.78, 5) is 4.02. The highest BCUT2D eigenvalue weighted by Gasteiger charge is 2.32. The molecule has 98 valence electrons. The molecule has 0 saturated heterocycles. The van der Waals surface area contributed by atoms with Gasteiger partial charge in [0.05, 0.1) is 12.4 Å². The van der Waals surface area contributed by atoms with E-state index in [1.165, 1.54) is 0 Å². The Morgan fingerprint density at radius 1 is 1.41 bits per heavy atom. The van der Waals surface area contributed by atoms with Gasteiger partial charge in [0.15, 0.2) is 0 Å². The standard InChI is InChI=1S/C11H19N3O.C2H6/c1-2-13-10-5-9(6-11(10)15)7-14-4-3-12-8-14;1-2/h3-4,8-11,13,15H,2,5-7H2,1H3;1-2H3. The number of nitrogens with one attached hydrogen (secondary N) is 1. The first-order valence-electron chi connectivity index (χ1n) is 6.66. The molecule has 1 saturated carbocycles. The normalized spacial score (nSPS) is 27.6. The topological polar surface area (TPSA) is 50.1 Å². The first kappa shape index (κ1) is 14.2. The van der Waals surface area contributed by atoms with Gasteiger partial charge in [-0.05, 0) is 25.3 Å². The quantitative estimate of drug-likeness (QED) is 0.840. The summed E-state index contributed by atoms with van der Waals surface area (Å²) in [7, 11) is 0. The molecule has 0 aliphatic heterocycles. The van der Waals surface area contributed by atoms with E-state index in [0.717, 1.165) is 25.9 Å². The minimum absolute atomic E-state index is 0.182. The number of likely N-dealkylation sites (N-methyl/N-ethyl adjacent to an activating group) is 1. The van der Waals surface area contributed by atoms with Gasteiger partial charge in [-0.2, -0.15) is 0 Å². The van der Waals surface area contributed by atoms with E-state index in [9.17, 15) is 5.11 Å². The van der Waals surface area contributed by atoms with E-state index in [1.54, 1.807) is 6.20 Å². The predicted molar refractivity (Wildman–Crippen MR) is 69.8 cm³/mol. The van der Waals surface area contributed by atoms with Gasteiger partial charge in [-0.25, -0.2) is 4.98 Å². The van der Waals surface area contributed by atoms with Crippen LogP contribution in [0, 0.1) is 5.92 Å². The van der Waals surface area contributed by atoms with Gasteiger partial charge in [-0.15, -0.1) is 0 Å². The number of hydrogen-bond donors (Lipinski definition) is 2. The minimum atomic E-state index is -0.182. The Bertz CT molecular complexity index is 287. The summed E-state index contributed by atoms with van der Waals surface area (Å²) in [6, 6.07) is 0.281. The molecule has 0 bridgehead atoms. The van der Waals surface area contributed by atoms with Crippen LogP contribution in [0.4, 0.5) is 0 Å². The first-order valence-corrected chi connectivity index (χ1v) is 6.66. The molecule has 0 aromatic carbocycles.